The van der Waals surface area contributed by atoms with Gasteiger partial charge in [0.2, 0.25) is 0 Å². The van der Waals surface area contributed by atoms with E-state index in [1.54, 1.807) is 0 Å². The van der Waals surface area contributed by atoms with Crippen LogP contribution in [0.5, 0.6) is 0 Å². The second-order valence-corrected chi connectivity index (χ2v) is 6.68. The van der Waals surface area contributed by atoms with E-state index in [-0.39, 0.29) is 0 Å². The second-order valence-electron chi connectivity index (χ2n) is 6.68. The molecule has 1 aliphatic heterocycles. The van der Waals surface area contributed by atoms with Crippen molar-refractivity contribution in [2.75, 3.05) is 0 Å². The summed E-state index contributed by atoms with van der Waals surface area (Å²) < 4.78 is 5.78. The number of unbranched alkanes of at least 4 members (excludes halogenated alkanes) is 11. The fourth-order valence-electron chi connectivity index (χ4n) is 3.12. The predicted molar refractivity (Wildman–Crippen MR) is 89.3 cm³/mol. The maximum atomic E-state index is 5.78. The van der Waals surface area contributed by atoms with Crippen molar-refractivity contribution in [2.24, 2.45) is 0 Å². The van der Waals surface area contributed by atoms with E-state index >= 15 is 0 Å². The van der Waals surface area contributed by atoms with Gasteiger partial charge in [-0.1, -0.05) is 97.3 Å². The molecule has 0 bridgehead atoms. The van der Waals surface area contributed by atoms with Crippen LogP contribution >= 0.6 is 0 Å². The third-order valence-corrected chi connectivity index (χ3v) is 4.62. The van der Waals surface area contributed by atoms with Crippen LogP contribution in [-0.4, -0.2) is 12.2 Å². The molecule has 0 saturated carbocycles. The second kappa shape index (κ2) is 12.7. The summed E-state index contributed by atoms with van der Waals surface area (Å²) in [6.45, 7) is 4.57. The summed E-state index contributed by atoms with van der Waals surface area (Å²) in [5, 5.41) is 0. The van der Waals surface area contributed by atoms with E-state index in [2.05, 4.69) is 13.8 Å². The number of rotatable bonds is 15. The van der Waals surface area contributed by atoms with Crippen molar-refractivity contribution in [1.82, 2.24) is 0 Å². The van der Waals surface area contributed by atoms with E-state index in [0.717, 1.165) is 0 Å². The number of ether oxygens (including phenoxy) is 1. The van der Waals surface area contributed by atoms with Crippen molar-refractivity contribution in [2.45, 2.75) is 122 Å². The Hall–Kier alpha value is -0.0400. The summed E-state index contributed by atoms with van der Waals surface area (Å²) in [7, 11) is 0. The van der Waals surface area contributed by atoms with Crippen LogP contribution in [0.1, 0.15) is 110 Å². The highest BCUT2D eigenvalue weighted by Gasteiger charge is 2.36. The summed E-state index contributed by atoms with van der Waals surface area (Å²) in [4.78, 5) is 0. The number of hydrogen-bond donors (Lipinski definition) is 0. The van der Waals surface area contributed by atoms with Gasteiger partial charge in [0, 0.05) is 0 Å². The Morgan fingerprint density at radius 2 is 0.850 bits per heavy atom. The molecule has 1 rings (SSSR count). The Balaban J connectivity index is 1.74. The Morgan fingerprint density at radius 1 is 0.500 bits per heavy atom. The lowest BCUT2D eigenvalue weighted by Gasteiger charge is -2.00. The van der Waals surface area contributed by atoms with Crippen LogP contribution in [0.25, 0.3) is 0 Å². The molecule has 0 spiro atoms. The lowest BCUT2D eigenvalue weighted by atomic mass is 10.0. The van der Waals surface area contributed by atoms with Crippen molar-refractivity contribution in [3.63, 3.8) is 0 Å². The molecule has 2 atom stereocenters. The highest BCUT2D eigenvalue weighted by molar-refractivity contribution is 4.84. The number of epoxide rings is 1. The molecule has 0 amide bonds. The smallest absolute Gasteiger partial charge is 0.0841 e. The molecule has 1 heteroatoms. The monoisotopic (exact) mass is 282 g/mol. The molecule has 1 saturated heterocycles. The summed E-state index contributed by atoms with van der Waals surface area (Å²) in [5.41, 5.74) is 0. The zero-order chi connectivity index (χ0) is 14.5. The zero-order valence-electron chi connectivity index (χ0n) is 14.2. The molecular formula is C19H38O. The predicted octanol–water partition coefficient (Wildman–Crippen LogP) is 6.65. The molecule has 1 nitrogen and oxygen atoms in total. The van der Waals surface area contributed by atoms with Crippen molar-refractivity contribution in [3.05, 3.63) is 0 Å². The normalized spacial score (nSPS) is 21.3. The molecule has 0 N–H and O–H groups in total. The lowest BCUT2D eigenvalue weighted by Crippen LogP contribution is -1.94. The van der Waals surface area contributed by atoms with Gasteiger partial charge in [0.25, 0.3) is 0 Å². The first-order chi connectivity index (χ1) is 9.88. The summed E-state index contributed by atoms with van der Waals surface area (Å²) in [6, 6.07) is 0. The Kier molecular flexibility index (Phi) is 11.4. The van der Waals surface area contributed by atoms with Crippen LogP contribution in [0.15, 0.2) is 0 Å². The first-order valence-electron chi connectivity index (χ1n) is 9.54. The fourth-order valence-corrected chi connectivity index (χ4v) is 3.12. The van der Waals surface area contributed by atoms with E-state index in [1.807, 2.05) is 0 Å². The minimum atomic E-state index is 0.640. The lowest BCUT2D eigenvalue weighted by molar-refractivity contribution is 0.347. The van der Waals surface area contributed by atoms with Gasteiger partial charge in [0.15, 0.2) is 0 Å². The van der Waals surface area contributed by atoms with Gasteiger partial charge in [-0.25, -0.2) is 0 Å². The van der Waals surface area contributed by atoms with E-state index in [1.165, 1.54) is 96.3 Å². The van der Waals surface area contributed by atoms with Crippen LogP contribution in [0.4, 0.5) is 0 Å². The maximum Gasteiger partial charge on any atom is 0.0841 e. The van der Waals surface area contributed by atoms with Gasteiger partial charge in [0.05, 0.1) is 12.2 Å². The average Bonchev–Trinajstić information content (AvgIpc) is 3.20. The van der Waals surface area contributed by atoms with Crippen LogP contribution < -0.4 is 0 Å². The molecule has 0 radical (unpaired) electrons. The van der Waals surface area contributed by atoms with E-state index in [9.17, 15) is 0 Å². The third kappa shape index (κ3) is 9.80. The van der Waals surface area contributed by atoms with E-state index in [0.29, 0.717) is 12.2 Å². The molecule has 0 aromatic heterocycles. The highest BCUT2D eigenvalue weighted by atomic mass is 16.6. The van der Waals surface area contributed by atoms with Gasteiger partial charge >= 0.3 is 0 Å². The molecule has 1 fully saturated rings. The van der Waals surface area contributed by atoms with Gasteiger partial charge < -0.3 is 4.74 Å². The Bertz CT molecular complexity index is 202. The molecule has 0 aromatic rings. The van der Waals surface area contributed by atoms with Gasteiger partial charge in [-0.15, -0.1) is 0 Å². The molecule has 0 aromatic carbocycles. The minimum Gasteiger partial charge on any atom is -0.370 e. The summed E-state index contributed by atoms with van der Waals surface area (Å²) in [6.07, 6.45) is 22.3. The van der Waals surface area contributed by atoms with Crippen LogP contribution in [-0.2, 0) is 4.74 Å². The SMILES string of the molecule is CCCCCCCCCCC1OC1CCCCCCC. The maximum absolute atomic E-state index is 5.78. The molecular weight excluding hydrogens is 244 g/mol. The molecule has 1 heterocycles. The highest BCUT2D eigenvalue weighted by Crippen LogP contribution is 2.31. The fraction of sp³-hybridized carbons (Fsp3) is 1.00. The molecule has 1 aliphatic rings. The first kappa shape index (κ1) is 18.0. The third-order valence-electron chi connectivity index (χ3n) is 4.62. The molecule has 120 valence electrons. The standard InChI is InChI=1S/C19H38O/c1-3-5-7-9-10-11-13-15-17-19-18(20-19)16-14-12-8-6-4-2/h18-19H,3-17H2,1-2H3. The quantitative estimate of drug-likeness (QED) is 0.242. The van der Waals surface area contributed by atoms with Crippen molar-refractivity contribution in [3.8, 4) is 0 Å². The van der Waals surface area contributed by atoms with E-state index < -0.39 is 0 Å². The molecule has 20 heavy (non-hydrogen) atoms. The summed E-state index contributed by atoms with van der Waals surface area (Å²) in [5.74, 6) is 0. The topological polar surface area (TPSA) is 12.5 Å². The van der Waals surface area contributed by atoms with E-state index in [4.69, 9.17) is 4.74 Å². The largest absolute Gasteiger partial charge is 0.370 e. The van der Waals surface area contributed by atoms with Crippen molar-refractivity contribution in [1.29, 1.82) is 0 Å². The minimum absolute atomic E-state index is 0.640. The average molecular weight is 283 g/mol. The van der Waals surface area contributed by atoms with Gasteiger partial charge in [-0.2, -0.15) is 0 Å². The number of hydrogen-bond acceptors (Lipinski definition) is 1. The van der Waals surface area contributed by atoms with Crippen LogP contribution in [0.2, 0.25) is 0 Å². The van der Waals surface area contributed by atoms with Gasteiger partial charge in [-0.05, 0) is 12.8 Å². The summed E-state index contributed by atoms with van der Waals surface area (Å²) >= 11 is 0. The van der Waals surface area contributed by atoms with Crippen LogP contribution in [0.3, 0.4) is 0 Å². The van der Waals surface area contributed by atoms with Gasteiger partial charge in [0.1, 0.15) is 0 Å². The molecule has 2 unspecified atom stereocenters. The Morgan fingerprint density at radius 3 is 1.25 bits per heavy atom. The van der Waals surface area contributed by atoms with Crippen molar-refractivity contribution < 1.29 is 4.74 Å². The van der Waals surface area contributed by atoms with Crippen molar-refractivity contribution >= 4 is 0 Å². The zero-order valence-corrected chi connectivity index (χ0v) is 14.2. The van der Waals surface area contributed by atoms with Crippen LogP contribution in [0, 0.1) is 0 Å². The van der Waals surface area contributed by atoms with Gasteiger partial charge in [-0.3, -0.25) is 0 Å². The Labute approximate surface area is 127 Å². The first-order valence-corrected chi connectivity index (χ1v) is 9.54. The molecule has 0 aliphatic carbocycles.